The van der Waals surface area contributed by atoms with Crippen LogP contribution >= 0.6 is 0 Å². The molecule has 1 unspecified atom stereocenters. The normalized spacial score (nSPS) is 16.8. The molecule has 0 amide bonds. The number of nitrogens with zero attached hydrogens (tertiary/aromatic N) is 3. The van der Waals surface area contributed by atoms with Gasteiger partial charge in [-0.15, -0.1) is 0 Å². The molecule has 0 radical (unpaired) electrons. The first-order valence-corrected chi connectivity index (χ1v) is 9.34. The van der Waals surface area contributed by atoms with Gasteiger partial charge in [-0.1, -0.05) is 19.9 Å². The fourth-order valence-corrected chi connectivity index (χ4v) is 2.89. The number of morpholine rings is 1. The second kappa shape index (κ2) is 10.2. The predicted octanol–water partition coefficient (Wildman–Crippen LogP) is 2.41. The van der Waals surface area contributed by atoms with Crippen molar-refractivity contribution in [1.82, 2.24) is 15.6 Å². The van der Waals surface area contributed by atoms with Gasteiger partial charge >= 0.3 is 0 Å². The van der Waals surface area contributed by atoms with Crippen LogP contribution in [0.2, 0.25) is 0 Å². The fourth-order valence-electron chi connectivity index (χ4n) is 2.89. The third-order valence-electron chi connectivity index (χ3n) is 4.41. The molecule has 2 N–H and O–H groups in total. The summed E-state index contributed by atoms with van der Waals surface area (Å²) in [5.74, 6) is 2.61. The van der Waals surface area contributed by atoms with Crippen molar-refractivity contribution in [3.05, 3.63) is 23.9 Å². The molecule has 1 aromatic heterocycles. The molecule has 0 aromatic carbocycles. The summed E-state index contributed by atoms with van der Waals surface area (Å²) in [6.07, 6.45) is 4.22. The summed E-state index contributed by atoms with van der Waals surface area (Å²) in [7, 11) is 1.82. The summed E-state index contributed by atoms with van der Waals surface area (Å²) in [6, 6.07) is 4.52. The Balaban J connectivity index is 1.90. The number of hydrogen-bond donors (Lipinski definition) is 2. The third-order valence-corrected chi connectivity index (χ3v) is 4.41. The van der Waals surface area contributed by atoms with E-state index in [1.807, 2.05) is 19.3 Å². The second-order valence-electron chi connectivity index (χ2n) is 7.03. The first-order valence-electron chi connectivity index (χ1n) is 9.34. The number of anilines is 1. The highest BCUT2D eigenvalue weighted by molar-refractivity contribution is 5.80. The van der Waals surface area contributed by atoms with Gasteiger partial charge in [0.2, 0.25) is 0 Å². The Kier molecular flexibility index (Phi) is 7.98. The molecule has 2 rings (SSSR count). The number of aromatic nitrogens is 1. The molecule has 1 aliphatic rings. The van der Waals surface area contributed by atoms with Crippen molar-refractivity contribution in [2.24, 2.45) is 10.9 Å². The lowest BCUT2D eigenvalue weighted by molar-refractivity contribution is 0.122. The van der Waals surface area contributed by atoms with Crippen LogP contribution in [0.4, 0.5) is 5.82 Å². The number of ether oxygens (including phenoxy) is 1. The van der Waals surface area contributed by atoms with Gasteiger partial charge in [-0.3, -0.25) is 4.99 Å². The number of nitrogens with one attached hydrogen (secondary N) is 2. The standard InChI is InChI=1S/C19H33N5O/c1-15(2)7-8-16(3)23-19(20-4)22-14-17-6-5-9-21-18(17)24-10-12-25-13-11-24/h5-6,9,15-16H,7-8,10-14H2,1-4H3,(H2,20,22,23). The van der Waals surface area contributed by atoms with Crippen LogP contribution in [0.15, 0.2) is 23.3 Å². The van der Waals surface area contributed by atoms with Crippen molar-refractivity contribution in [3.63, 3.8) is 0 Å². The molecule has 0 saturated carbocycles. The lowest BCUT2D eigenvalue weighted by Crippen LogP contribution is -2.42. The van der Waals surface area contributed by atoms with E-state index in [0.29, 0.717) is 12.6 Å². The molecule has 0 spiro atoms. The number of aliphatic imine (C=N–C) groups is 1. The van der Waals surface area contributed by atoms with Crippen LogP contribution in [0.1, 0.15) is 39.2 Å². The van der Waals surface area contributed by atoms with Crippen LogP contribution in [0.5, 0.6) is 0 Å². The summed E-state index contributed by atoms with van der Waals surface area (Å²) in [5.41, 5.74) is 1.18. The lowest BCUT2D eigenvalue weighted by Gasteiger charge is -2.29. The number of guanidine groups is 1. The average molecular weight is 348 g/mol. The van der Waals surface area contributed by atoms with E-state index in [4.69, 9.17) is 4.74 Å². The van der Waals surface area contributed by atoms with Crippen LogP contribution in [-0.2, 0) is 11.3 Å². The van der Waals surface area contributed by atoms with Crippen molar-refractivity contribution in [1.29, 1.82) is 0 Å². The Morgan fingerprint density at radius 3 is 2.72 bits per heavy atom. The van der Waals surface area contributed by atoms with Crippen molar-refractivity contribution < 1.29 is 4.74 Å². The number of rotatable bonds is 7. The maximum Gasteiger partial charge on any atom is 0.191 e. The maximum atomic E-state index is 5.45. The Morgan fingerprint density at radius 2 is 2.04 bits per heavy atom. The topological polar surface area (TPSA) is 61.8 Å². The third kappa shape index (κ3) is 6.53. The first-order chi connectivity index (χ1) is 12.1. The van der Waals surface area contributed by atoms with Gasteiger partial charge in [0.05, 0.1) is 13.2 Å². The van der Waals surface area contributed by atoms with Gasteiger partial charge in [-0.25, -0.2) is 4.98 Å². The van der Waals surface area contributed by atoms with Gasteiger partial charge in [-0.2, -0.15) is 0 Å². The second-order valence-corrected chi connectivity index (χ2v) is 7.03. The Bertz CT molecular complexity index is 540. The quantitative estimate of drug-likeness (QED) is 0.586. The molecular weight excluding hydrogens is 314 g/mol. The smallest absolute Gasteiger partial charge is 0.191 e. The van der Waals surface area contributed by atoms with Gasteiger partial charge < -0.3 is 20.3 Å². The summed E-state index contributed by atoms with van der Waals surface area (Å²) >= 11 is 0. The van der Waals surface area contributed by atoms with E-state index >= 15 is 0 Å². The lowest BCUT2D eigenvalue weighted by atomic mass is 10.0. The molecule has 1 fully saturated rings. The van der Waals surface area contributed by atoms with Gasteiger partial charge in [0.1, 0.15) is 5.82 Å². The van der Waals surface area contributed by atoms with Crippen LogP contribution < -0.4 is 15.5 Å². The minimum atomic E-state index is 0.404. The summed E-state index contributed by atoms with van der Waals surface area (Å²) in [5, 5.41) is 6.90. The molecule has 0 aliphatic carbocycles. The summed E-state index contributed by atoms with van der Waals surface area (Å²) in [6.45, 7) is 10.7. The van der Waals surface area contributed by atoms with E-state index in [2.05, 4.69) is 52.3 Å². The van der Waals surface area contributed by atoms with E-state index in [-0.39, 0.29) is 0 Å². The van der Waals surface area contributed by atoms with Gasteiger partial charge in [-0.05, 0) is 31.7 Å². The summed E-state index contributed by atoms with van der Waals surface area (Å²) < 4.78 is 5.45. The zero-order chi connectivity index (χ0) is 18.1. The Hall–Kier alpha value is -1.82. The zero-order valence-electron chi connectivity index (χ0n) is 16.1. The van der Waals surface area contributed by atoms with Gasteiger partial charge in [0.15, 0.2) is 5.96 Å². The van der Waals surface area contributed by atoms with Gasteiger partial charge in [0, 0.05) is 44.5 Å². The highest BCUT2D eigenvalue weighted by Gasteiger charge is 2.16. The van der Waals surface area contributed by atoms with Crippen molar-refractivity contribution in [3.8, 4) is 0 Å². The average Bonchev–Trinajstić information content (AvgIpc) is 2.64. The maximum absolute atomic E-state index is 5.45. The first kappa shape index (κ1) is 19.5. The number of pyridine rings is 1. The van der Waals surface area contributed by atoms with Crippen LogP contribution in [0, 0.1) is 5.92 Å². The molecule has 6 nitrogen and oxygen atoms in total. The van der Waals surface area contributed by atoms with Crippen LogP contribution in [0.25, 0.3) is 0 Å². The minimum absolute atomic E-state index is 0.404. The van der Waals surface area contributed by atoms with Crippen molar-refractivity contribution >= 4 is 11.8 Å². The fraction of sp³-hybridized carbons (Fsp3) is 0.684. The van der Waals surface area contributed by atoms with E-state index in [1.54, 1.807) is 0 Å². The minimum Gasteiger partial charge on any atom is -0.378 e. The molecular formula is C19H33N5O. The van der Waals surface area contributed by atoms with Crippen molar-refractivity contribution in [2.45, 2.75) is 46.2 Å². The number of hydrogen-bond acceptors (Lipinski definition) is 4. The van der Waals surface area contributed by atoms with E-state index in [0.717, 1.165) is 50.4 Å². The van der Waals surface area contributed by atoms with E-state index < -0.39 is 0 Å². The summed E-state index contributed by atoms with van der Waals surface area (Å²) in [4.78, 5) is 11.2. The Labute approximate surface area is 152 Å². The molecule has 0 bridgehead atoms. The molecule has 1 aromatic rings. The molecule has 1 saturated heterocycles. The van der Waals surface area contributed by atoms with E-state index in [1.165, 1.54) is 12.0 Å². The zero-order valence-corrected chi connectivity index (χ0v) is 16.1. The largest absolute Gasteiger partial charge is 0.378 e. The van der Waals surface area contributed by atoms with E-state index in [9.17, 15) is 0 Å². The molecule has 25 heavy (non-hydrogen) atoms. The van der Waals surface area contributed by atoms with Crippen molar-refractivity contribution in [2.75, 3.05) is 38.3 Å². The molecule has 140 valence electrons. The van der Waals surface area contributed by atoms with Gasteiger partial charge in [0.25, 0.3) is 0 Å². The highest BCUT2D eigenvalue weighted by Crippen LogP contribution is 2.18. The highest BCUT2D eigenvalue weighted by atomic mass is 16.5. The van der Waals surface area contributed by atoms with Crippen LogP contribution in [0.3, 0.4) is 0 Å². The Morgan fingerprint density at radius 1 is 1.28 bits per heavy atom. The SMILES string of the molecule is CN=C(NCc1cccnc1N1CCOCC1)NC(C)CCC(C)C. The predicted molar refractivity (Wildman–Crippen MR) is 104 cm³/mol. The molecule has 6 heteroatoms. The molecule has 1 aliphatic heterocycles. The molecule has 2 heterocycles. The van der Waals surface area contributed by atoms with Crippen LogP contribution in [-0.4, -0.2) is 50.3 Å². The molecule has 1 atom stereocenters. The monoisotopic (exact) mass is 347 g/mol.